The first-order valence-corrected chi connectivity index (χ1v) is 4.34. The lowest BCUT2D eigenvalue weighted by Crippen LogP contribution is -1.83. The maximum Gasteiger partial charge on any atom is -0.0322 e. The molecule has 0 aromatic heterocycles. The summed E-state index contributed by atoms with van der Waals surface area (Å²) in [7, 11) is 0. The molecule has 0 spiro atoms. The molecule has 0 saturated carbocycles. The summed E-state index contributed by atoms with van der Waals surface area (Å²) in [6.07, 6.45) is 5.72. The Morgan fingerprint density at radius 1 is 1.18 bits per heavy atom. The smallest absolute Gasteiger partial charge is 0.0322 e. The molecule has 0 aliphatic carbocycles. The van der Waals surface area contributed by atoms with Crippen LogP contribution in [0.25, 0.3) is 0 Å². The van der Waals surface area contributed by atoms with Crippen molar-refractivity contribution in [2.24, 2.45) is 5.92 Å². The van der Waals surface area contributed by atoms with Crippen LogP contribution in [0.4, 0.5) is 0 Å². The molecule has 0 heterocycles. The highest BCUT2D eigenvalue weighted by Crippen LogP contribution is 2.06. The van der Waals surface area contributed by atoms with Crippen molar-refractivity contribution in [3.63, 3.8) is 0 Å². The summed E-state index contributed by atoms with van der Waals surface area (Å²) in [5, 5.41) is 0. The third-order valence-corrected chi connectivity index (χ3v) is 1.43. The summed E-state index contributed by atoms with van der Waals surface area (Å²) in [6.45, 7) is 10.9. The van der Waals surface area contributed by atoms with Crippen LogP contribution in [-0.4, -0.2) is 0 Å². The average molecular weight is 152 g/mol. The van der Waals surface area contributed by atoms with E-state index in [-0.39, 0.29) is 0 Å². The van der Waals surface area contributed by atoms with Gasteiger partial charge in [0.25, 0.3) is 0 Å². The van der Waals surface area contributed by atoms with Crippen LogP contribution < -0.4 is 0 Å². The summed E-state index contributed by atoms with van der Waals surface area (Å²) in [4.78, 5) is 0. The van der Waals surface area contributed by atoms with E-state index in [1.807, 2.05) is 0 Å². The Bertz CT molecular complexity index is 155. The van der Waals surface area contributed by atoms with Gasteiger partial charge in [-0.15, -0.1) is 0 Å². The SMILES string of the molecule is CC(C)=C/C(C)=C\CC(C)C. The summed E-state index contributed by atoms with van der Waals surface area (Å²) < 4.78 is 0. The van der Waals surface area contributed by atoms with E-state index in [0.29, 0.717) is 0 Å². The molecule has 0 bridgehead atoms. The quantitative estimate of drug-likeness (QED) is 0.537. The van der Waals surface area contributed by atoms with Crippen LogP contribution in [0, 0.1) is 5.92 Å². The third-order valence-electron chi connectivity index (χ3n) is 1.43. The summed E-state index contributed by atoms with van der Waals surface area (Å²) in [5.74, 6) is 0.774. The molecule has 0 fully saturated rings. The molecule has 0 aromatic carbocycles. The fourth-order valence-corrected chi connectivity index (χ4v) is 0.936. The Balaban J connectivity index is 3.92. The van der Waals surface area contributed by atoms with Crippen molar-refractivity contribution in [1.82, 2.24) is 0 Å². The molecular weight excluding hydrogens is 132 g/mol. The van der Waals surface area contributed by atoms with Gasteiger partial charge < -0.3 is 0 Å². The van der Waals surface area contributed by atoms with Gasteiger partial charge >= 0.3 is 0 Å². The van der Waals surface area contributed by atoms with Crippen molar-refractivity contribution in [2.45, 2.75) is 41.0 Å². The Hall–Kier alpha value is -0.520. The van der Waals surface area contributed by atoms with E-state index in [1.165, 1.54) is 17.6 Å². The predicted octanol–water partition coefficient (Wildman–Crippen LogP) is 3.95. The highest BCUT2D eigenvalue weighted by Gasteiger charge is 1.89. The van der Waals surface area contributed by atoms with Crippen LogP contribution in [0.3, 0.4) is 0 Å². The van der Waals surface area contributed by atoms with E-state index in [9.17, 15) is 0 Å². The normalized spacial score (nSPS) is 12.0. The van der Waals surface area contributed by atoms with Crippen LogP contribution in [0.1, 0.15) is 41.0 Å². The van der Waals surface area contributed by atoms with Gasteiger partial charge in [-0.1, -0.05) is 37.1 Å². The molecule has 0 aliphatic rings. The second kappa shape index (κ2) is 5.17. The van der Waals surface area contributed by atoms with Crippen molar-refractivity contribution in [2.75, 3.05) is 0 Å². The minimum atomic E-state index is 0.774. The maximum absolute atomic E-state index is 2.30. The monoisotopic (exact) mass is 152 g/mol. The third kappa shape index (κ3) is 7.38. The van der Waals surface area contributed by atoms with Gasteiger partial charge in [-0.2, -0.15) is 0 Å². The topological polar surface area (TPSA) is 0 Å². The zero-order chi connectivity index (χ0) is 8.85. The summed E-state index contributed by atoms with van der Waals surface area (Å²) in [6, 6.07) is 0. The Labute approximate surface area is 71.0 Å². The van der Waals surface area contributed by atoms with Crippen LogP contribution in [0.15, 0.2) is 23.3 Å². The van der Waals surface area contributed by atoms with Crippen molar-refractivity contribution in [3.05, 3.63) is 23.3 Å². The van der Waals surface area contributed by atoms with Gasteiger partial charge in [-0.05, 0) is 33.1 Å². The molecule has 0 N–H and O–H groups in total. The molecule has 0 rings (SSSR count). The van der Waals surface area contributed by atoms with Crippen LogP contribution in [-0.2, 0) is 0 Å². The van der Waals surface area contributed by atoms with Gasteiger partial charge in [0.15, 0.2) is 0 Å². The highest BCUT2D eigenvalue weighted by atomic mass is 14.0. The van der Waals surface area contributed by atoms with Crippen LogP contribution in [0.2, 0.25) is 0 Å². The Morgan fingerprint density at radius 3 is 2.09 bits per heavy atom. The molecule has 0 aromatic rings. The molecule has 0 radical (unpaired) electrons. The number of rotatable bonds is 3. The second-order valence-corrected chi connectivity index (χ2v) is 3.80. The molecular formula is C11H20. The number of hydrogen-bond donors (Lipinski definition) is 0. The van der Waals surface area contributed by atoms with Gasteiger partial charge in [-0.3, -0.25) is 0 Å². The number of hydrogen-bond acceptors (Lipinski definition) is 0. The van der Waals surface area contributed by atoms with E-state index >= 15 is 0 Å². The minimum Gasteiger partial charge on any atom is -0.0813 e. The second-order valence-electron chi connectivity index (χ2n) is 3.80. The molecule has 0 saturated heterocycles. The van der Waals surface area contributed by atoms with E-state index in [0.717, 1.165) is 5.92 Å². The molecule has 0 amide bonds. The van der Waals surface area contributed by atoms with Gasteiger partial charge in [0.1, 0.15) is 0 Å². The first-order valence-electron chi connectivity index (χ1n) is 4.34. The van der Waals surface area contributed by atoms with Crippen LogP contribution in [0.5, 0.6) is 0 Å². The Kier molecular flexibility index (Phi) is 4.93. The maximum atomic E-state index is 2.30. The van der Waals surface area contributed by atoms with E-state index in [1.54, 1.807) is 0 Å². The Morgan fingerprint density at radius 2 is 1.73 bits per heavy atom. The fourth-order valence-electron chi connectivity index (χ4n) is 0.936. The van der Waals surface area contributed by atoms with Gasteiger partial charge in [0.05, 0.1) is 0 Å². The first kappa shape index (κ1) is 10.5. The average Bonchev–Trinajstić information content (AvgIpc) is 1.82. The van der Waals surface area contributed by atoms with E-state index < -0.39 is 0 Å². The van der Waals surface area contributed by atoms with Crippen molar-refractivity contribution in [1.29, 1.82) is 0 Å². The number of allylic oxidation sites excluding steroid dienone is 4. The standard InChI is InChI=1S/C11H20/c1-9(2)6-7-11(5)8-10(3)4/h7-9H,6H2,1-5H3/b11-7-. The zero-order valence-corrected chi connectivity index (χ0v) is 8.44. The summed E-state index contributed by atoms with van der Waals surface area (Å²) >= 11 is 0. The van der Waals surface area contributed by atoms with Crippen molar-refractivity contribution < 1.29 is 0 Å². The fraction of sp³-hybridized carbons (Fsp3) is 0.636. The molecule has 0 aliphatic heterocycles. The van der Waals surface area contributed by atoms with Crippen molar-refractivity contribution in [3.8, 4) is 0 Å². The molecule has 0 unspecified atom stereocenters. The van der Waals surface area contributed by atoms with Gasteiger partial charge in [0, 0.05) is 0 Å². The van der Waals surface area contributed by atoms with Crippen molar-refractivity contribution >= 4 is 0 Å². The first-order chi connectivity index (χ1) is 5.02. The lowest BCUT2D eigenvalue weighted by atomic mass is 10.1. The van der Waals surface area contributed by atoms with Gasteiger partial charge in [-0.25, -0.2) is 0 Å². The lowest BCUT2D eigenvalue weighted by molar-refractivity contribution is 0.662. The zero-order valence-electron chi connectivity index (χ0n) is 8.44. The molecule has 11 heavy (non-hydrogen) atoms. The van der Waals surface area contributed by atoms with E-state index in [4.69, 9.17) is 0 Å². The predicted molar refractivity (Wildman–Crippen MR) is 52.6 cm³/mol. The highest BCUT2D eigenvalue weighted by molar-refractivity contribution is 5.19. The largest absolute Gasteiger partial charge is 0.0813 e. The van der Waals surface area contributed by atoms with E-state index in [2.05, 4.69) is 46.8 Å². The minimum absolute atomic E-state index is 0.774. The molecule has 64 valence electrons. The molecule has 0 atom stereocenters. The lowest BCUT2D eigenvalue weighted by Gasteiger charge is -1.99. The van der Waals surface area contributed by atoms with Crippen LogP contribution >= 0.6 is 0 Å². The molecule has 0 heteroatoms. The summed E-state index contributed by atoms with van der Waals surface area (Å²) in [5.41, 5.74) is 2.77. The van der Waals surface area contributed by atoms with Gasteiger partial charge in [0.2, 0.25) is 0 Å². The molecule has 0 nitrogen and oxygen atoms in total.